The first-order valence-electron chi connectivity index (χ1n) is 3.26. The van der Waals surface area contributed by atoms with Crippen LogP contribution in [0.25, 0.3) is 5.57 Å². The molecule has 0 bridgehead atoms. The summed E-state index contributed by atoms with van der Waals surface area (Å²) in [4.78, 5) is 0. The van der Waals surface area contributed by atoms with Crippen LogP contribution in [0.5, 0.6) is 0 Å². The Labute approximate surface area is 104 Å². The molecule has 0 N–H and O–H groups in total. The largest absolute Gasteiger partial charge is 1.00 e. The minimum Gasteiger partial charge on any atom is -0.877 e. The molecule has 2 nitrogen and oxygen atoms in total. The molecule has 0 aliphatic carbocycles. The minimum absolute atomic E-state index is 0. The molecule has 0 spiro atoms. The molecule has 1 aromatic rings. The van der Waals surface area contributed by atoms with Crippen LogP contribution in [0.4, 0.5) is 0 Å². The molecule has 4 heteroatoms. The quantitative estimate of drug-likeness (QED) is 0.318. The van der Waals surface area contributed by atoms with E-state index in [1.807, 2.05) is 0 Å². The summed E-state index contributed by atoms with van der Waals surface area (Å²) in [6.07, 6.45) is 0.531. The summed E-state index contributed by atoms with van der Waals surface area (Å²) in [6.45, 7) is 0. The fraction of sp³-hybridized carbons (Fsp3) is 0. The number of hydrogen-bond acceptors (Lipinski definition) is 2. The fourth-order valence-electron chi connectivity index (χ4n) is 0.788. The summed E-state index contributed by atoms with van der Waals surface area (Å²) in [5.41, 5.74) is 0.712. The number of rotatable bonds is 1. The molecule has 0 amide bonds. The van der Waals surface area contributed by atoms with Crippen LogP contribution in [-0.2, 0) is 0 Å². The van der Waals surface area contributed by atoms with Crippen LogP contribution in [0.1, 0.15) is 5.56 Å². The average Bonchev–Trinajstić information content (AvgIpc) is 2.10. The third kappa shape index (κ3) is 3.41. The van der Waals surface area contributed by atoms with Gasteiger partial charge in [-0.25, -0.2) is 0 Å². The second-order valence-electron chi connectivity index (χ2n) is 2.15. The molecular weight excluding hydrogens is 197 g/mol. The van der Waals surface area contributed by atoms with Gasteiger partial charge in [0.1, 0.15) is 0 Å². The Morgan fingerprint density at radius 2 is 1.92 bits per heavy atom. The van der Waals surface area contributed by atoms with Crippen molar-refractivity contribution in [2.24, 2.45) is 0 Å². The normalized spacial score (nSPS) is 10.0. The van der Waals surface area contributed by atoms with Crippen molar-refractivity contribution in [3.05, 3.63) is 41.1 Å². The van der Waals surface area contributed by atoms with E-state index < -0.39 is 0 Å². The summed E-state index contributed by atoms with van der Waals surface area (Å²) in [5, 5.41) is 19.4. The zero-order valence-electron chi connectivity index (χ0n) is 7.12. The van der Waals surface area contributed by atoms with E-state index in [2.05, 4.69) is 0 Å². The van der Waals surface area contributed by atoms with Crippen LogP contribution in [0.3, 0.4) is 0 Å². The van der Waals surface area contributed by atoms with Crippen molar-refractivity contribution in [3.63, 3.8) is 0 Å². The Morgan fingerprint density at radius 1 is 1.38 bits per heavy atom. The third-order valence-electron chi connectivity index (χ3n) is 1.39. The van der Waals surface area contributed by atoms with E-state index in [1.54, 1.807) is 30.3 Å². The van der Waals surface area contributed by atoms with Crippen molar-refractivity contribution < 1.29 is 34.7 Å². The van der Waals surface area contributed by atoms with E-state index in [0.29, 0.717) is 16.8 Å². The molecule has 0 aromatic heterocycles. The summed E-state index contributed by atoms with van der Waals surface area (Å²) >= 11 is 5.62. The summed E-state index contributed by atoms with van der Waals surface area (Å²) in [5.74, 6) is 0. The van der Waals surface area contributed by atoms with Crippen LogP contribution in [-0.4, -0.2) is 0 Å². The molecule has 0 atom stereocenters. The minimum atomic E-state index is 0. The standard InChI is InChI=1S/C9H6ClNO.Na/c10-9-3-1-7(2-4-9)8(5-11)6-12;/h1-4,6,12H;/q;+1/p-1/b8-6-;. The molecular formula is C9H5ClNNaO. The molecule has 13 heavy (non-hydrogen) atoms. The summed E-state index contributed by atoms with van der Waals surface area (Å²) < 4.78 is 0. The zero-order chi connectivity index (χ0) is 8.97. The van der Waals surface area contributed by atoms with E-state index in [1.165, 1.54) is 0 Å². The molecule has 0 aliphatic heterocycles. The second kappa shape index (κ2) is 6.06. The average molecular weight is 202 g/mol. The number of allylic oxidation sites excluding steroid dienone is 1. The van der Waals surface area contributed by atoms with E-state index in [-0.39, 0.29) is 35.1 Å². The maximum Gasteiger partial charge on any atom is 1.00 e. The maximum atomic E-state index is 10.3. The zero-order valence-corrected chi connectivity index (χ0v) is 9.88. The van der Waals surface area contributed by atoms with Gasteiger partial charge in [0.25, 0.3) is 0 Å². The van der Waals surface area contributed by atoms with Crippen LogP contribution in [0.2, 0.25) is 5.02 Å². The number of halogens is 1. The van der Waals surface area contributed by atoms with Gasteiger partial charge in [0.15, 0.2) is 0 Å². The Balaban J connectivity index is 0.00000144. The number of nitriles is 1. The van der Waals surface area contributed by atoms with Crippen LogP contribution in [0, 0.1) is 11.3 Å². The summed E-state index contributed by atoms with van der Waals surface area (Å²) in [6, 6.07) is 8.33. The molecule has 0 aliphatic rings. The van der Waals surface area contributed by atoms with Gasteiger partial charge in [0.05, 0.1) is 6.07 Å². The van der Waals surface area contributed by atoms with Crippen molar-refractivity contribution >= 4 is 17.2 Å². The predicted octanol–water partition coefficient (Wildman–Crippen LogP) is -1.43. The topological polar surface area (TPSA) is 46.8 Å². The van der Waals surface area contributed by atoms with E-state index in [4.69, 9.17) is 16.9 Å². The molecule has 1 aromatic carbocycles. The number of hydrogen-bond donors (Lipinski definition) is 0. The fourth-order valence-corrected chi connectivity index (χ4v) is 0.914. The van der Waals surface area contributed by atoms with Gasteiger partial charge in [-0.15, -0.1) is 6.26 Å². The molecule has 0 saturated heterocycles. The number of nitrogens with zero attached hydrogens (tertiary/aromatic N) is 1. The van der Waals surface area contributed by atoms with Gasteiger partial charge in [0.2, 0.25) is 0 Å². The van der Waals surface area contributed by atoms with Crippen molar-refractivity contribution in [3.8, 4) is 6.07 Å². The molecule has 0 radical (unpaired) electrons. The third-order valence-corrected chi connectivity index (χ3v) is 1.65. The monoisotopic (exact) mass is 201 g/mol. The van der Waals surface area contributed by atoms with Gasteiger partial charge < -0.3 is 5.11 Å². The maximum absolute atomic E-state index is 10.3. The Hall–Kier alpha value is -0.460. The number of benzene rings is 1. The van der Waals surface area contributed by atoms with Crippen molar-refractivity contribution in [2.75, 3.05) is 0 Å². The van der Waals surface area contributed by atoms with Gasteiger partial charge in [0, 0.05) is 10.6 Å². The predicted molar refractivity (Wildman–Crippen MR) is 45.0 cm³/mol. The molecule has 0 heterocycles. The van der Waals surface area contributed by atoms with Gasteiger partial charge in [-0.1, -0.05) is 23.7 Å². The smallest absolute Gasteiger partial charge is 0.877 e. The van der Waals surface area contributed by atoms with Crippen LogP contribution in [0.15, 0.2) is 30.5 Å². The van der Waals surface area contributed by atoms with Gasteiger partial charge in [-0.2, -0.15) is 5.26 Å². The Morgan fingerprint density at radius 3 is 2.31 bits per heavy atom. The Bertz CT molecular complexity index is 340. The van der Waals surface area contributed by atoms with Gasteiger partial charge >= 0.3 is 29.6 Å². The molecule has 0 unspecified atom stereocenters. The van der Waals surface area contributed by atoms with E-state index in [9.17, 15) is 5.11 Å². The first kappa shape index (κ1) is 12.5. The van der Waals surface area contributed by atoms with Crippen molar-refractivity contribution in [2.45, 2.75) is 0 Å². The first-order valence-corrected chi connectivity index (χ1v) is 3.64. The first-order chi connectivity index (χ1) is 5.77. The molecule has 0 fully saturated rings. The summed E-state index contributed by atoms with van der Waals surface area (Å²) in [7, 11) is 0. The van der Waals surface area contributed by atoms with Crippen LogP contribution < -0.4 is 34.7 Å². The Kier molecular flexibility index (Phi) is 5.85. The van der Waals surface area contributed by atoms with Crippen molar-refractivity contribution in [1.29, 1.82) is 5.26 Å². The van der Waals surface area contributed by atoms with Gasteiger partial charge in [-0.3, -0.25) is 0 Å². The molecule has 60 valence electrons. The van der Waals surface area contributed by atoms with E-state index in [0.717, 1.165) is 0 Å². The molecule has 1 rings (SSSR count). The van der Waals surface area contributed by atoms with Crippen molar-refractivity contribution in [1.82, 2.24) is 0 Å². The SMILES string of the molecule is N#C/C(=C/[O-])c1ccc(Cl)cc1.[Na+]. The molecule has 0 saturated carbocycles. The van der Waals surface area contributed by atoms with Crippen LogP contribution >= 0.6 is 11.6 Å². The van der Waals surface area contributed by atoms with Gasteiger partial charge in [-0.05, 0) is 17.7 Å². The van der Waals surface area contributed by atoms with E-state index >= 15 is 0 Å². The second-order valence-corrected chi connectivity index (χ2v) is 2.59.